The highest BCUT2D eigenvalue weighted by Crippen LogP contribution is 2.38. The Hall–Kier alpha value is -1.49. The lowest BCUT2D eigenvalue weighted by atomic mass is 10.0. The first kappa shape index (κ1) is 15.9. The minimum atomic E-state index is -4.43. The third kappa shape index (κ3) is 3.78. The van der Waals surface area contributed by atoms with Crippen LogP contribution >= 0.6 is 0 Å². The molecule has 1 aromatic carbocycles. The van der Waals surface area contributed by atoms with Crippen molar-refractivity contribution in [3.8, 4) is 0 Å². The molecular weight excluding hydrogens is 293 g/mol. The van der Waals surface area contributed by atoms with Gasteiger partial charge in [0.2, 0.25) is 5.76 Å². The summed E-state index contributed by atoms with van der Waals surface area (Å²) in [6, 6.07) is 9.55. The van der Waals surface area contributed by atoms with Gasteiger partial charge in [0.05, 0.1) is 5.38 Å². The van der Waals surface area contributed by atoms with Gasteiger partial charge in [0, 0.05) is 0 Å². The van der Waals surface area contributed by atoms with E-state index in [0.29, 0.717) is 18.2 Å². The van der Waals surface area contributed by atoms with Crippen LogP contribution in [-0.2, 0) is 4.74 Å². The Balaban J connectivity index is 2.51. The molecule has 0 aromatic heterocycles. The van der Waals surface area contributed by atoms with Crippen molar-refractivity contribution in [2.24, 2.45) is 0 Å². The summed E-state index contributed by atoms with van der Waals surface area (Å²) < 4.78 is 44.4. The van der Waals surface area contributed by atoms with Gasteiger partial charge in [0.1, 0.15) is 8.07 Å². The molecule has 0 fully saturated rings. The third-order valence-electron chi connectivity index (χ3n) is 3.29. The highest BCUT2D eigenvalue weighted by Gasteiger charge is 2.40. The van der Waals surface area contributed by atoms with Crippen molar-refractivity contribution in [3.05, 3.63) is 53.1 Å². The molecule has 0 atom stereocenters. The zero-order chi connectivity index (χ0) is 15.7. The van der Waals surface area contributed by atoms with Crippen LogP contribution in [0.1, 0.15) is 18.4 Å². The van der Waals surface area contributed by atoms with E-state index in [1.54, 1.807) is 0 Å². The molecule has 0 saturated heterocycles. The summed E-state index contributed by atoms with van der Waals surface area (Å²) >= 11 is 0. The molecule has 0 unspecified atom stereocenters. The van der Waals surface area contributed by atoms with Crippen LogP contribution in [0.5, 0.6) is 0 Å². The van der Waals surface area contributed by atoms with E-state index in [2.05, 4.69) is 0 Å². The summed E-state index contributed by atoms with van der Waals surface area (Å²) in [4.78, 5) is 0. The molecule has 0 saturated carbocycles. The maximum atomic E-state index is 13.0. The van der Waals surface area contributed by atoms with Crippen molar-refractivity contribution >= 4 is 13.6 Å². The van der Waals surface area contributed by atoms with Crippen molar-refractivity contribution in [2.75, 3.05) is 0 Å². The Kier molecular flexibility index (Phi) is 4.32. The molecule has 1 heterocycles. The minimum Gasteiger partial charge on any atom is -0.462 e. The summed E-state index contributed by atoms with van der Waals surface area (Å²) in [7, 11) is -2.04. The van der Waals surface area contributed by atoms with Crippen molar-refractivity contribution < 1.29 is 17.9 Å². The van der Waals surface area contributed by atoms with Gasteiger partial charge in [0.15, 0.2) is 0 Å². The number of alkyl halides is 3. The van der Waals surface area contributed by atoms with Gasteiger partial charge in [-0.3, -0.25) is 0 Å². The molecule has 21 heavy (non-hydrogen) atoms. The third-order valence-corrected chi connectivity index (χ3v) is 5.06. The molecule has 1 nitrogen and oxygen atoms in total. The van der Waals surface area contributed by atoms with Gasteiger partial charge in [-0.2, -0.15) is 13.2 Å². The molecule has 0 amide bonds. The van der Waals surface area contributed by atoms with Gasteiger partial charge >= 0.3 is 6.18 Å². The molecule has 0 bridgehead atoms. The Morgan fingerprint density at radius 1 is 1.05 bits per heavy atom. The van der Waals surface area contributed by atoms with E-state index in [1.165, 1.54) is 0 Å². The molecule has 0 radical (unpaired) electrons. The number of hydrogen-bond acceptors (Lipinski definition) is 1. The van der Waals surface area contributed by atoms with Gasteiger partial charge < -0.3 is 4.74 Å². The van der Waals surface area contributed by atoms with Crippen LogP contribution in [0, 0.1) is 0 Å². The molecule has 2 rings (SSSR count). The van der Waals surface area contributed by atoms with Gasteiger partial charge in [0.25, 0.3) is 0 Å². The van der Waals surface area contributed by atoms with E-state index in [9.17, 15) is 13.2 Å². The Morgan fingerprint density at radius 3 is 2.19 bits per heavy atom. The second-order valence-electron chi connectivity index (χ2n) is 6.13. The molecule has 1 aliphatic heterocycles. The van der Waals surface area contributed by atoms with Crippen LogP contribution in [0.2, 0.25) is 19.6 Å². The van der Waals surface area contributed by atoms with Gasteiger partial charge in [-0.25, -0.2) is 0 Å². The lowest BCUT2D eigenvalue weighted by Crippen LogP contribution is -2.29. The highest BCUT2D eigenvalue weighted by molar-refractivity contribution is 6.83. The van der Waals surface area contributed by atoms with Crippen molar-refractivity contribution in [3.63, 3.8) is 0 Å². The largest absolute Gasteiger partial charge is 0.462 e. The fourth-order valence-electron chi connectivity index (χ4n) is 2.37. The minimum absolute atomic E-state index is 0.340. The van der Waals surface area contributed by atoms with Gasteiger partial charge in [-0.05, 0) is 30.1 Å². The molecule has 0 aliphatic carbocycles. The number of ether oxygens (including phenoxy) is 1. The van der Waals surface area contributed by atoms with E-state index < -0.39 is 20.0 Å². The quantitative estimate of drug-likeness (QED) is 0.652. The summed E-state index contributed by atoms with van der Waals surface area (Å²) in [6.45, 7) is 6.01. The molecule has 0 spiro atoms. The predicted octanol–water partition coefficient (Wildman–Crippen LogP) is 5.53. The maximum Gasteiger partial charge on any atom is 0.449 e. The first-order valence-corrected chi connectivity index (χ1v) is 10.4. The average Bonchev–Trinajstić information content (AvgIpc) is 2.61. The fourth-order valence-corrected chi connectivity index (χ4v) is 3.96. The number of hydrogen-bond donors (Lipinski definition) is 0. The van der Waals surface area contributed by atoms with Crippen molar-refractivity contribution in [2.45, 2.75) is 38.7 Å². The predicted molar refractivity (Wildman–Crippen MR) is 81.2 cm³/mol. The van der Waals surface area contributed by atoms with E-state index in [4.69, 9.17) is 4.74 Å². The first-order chi connectivity index (χ1) is 9.69. The summed E-state index contributed by atoms with van der Waals surface area (Å²) in [5.41, 5.74) is 1.86. The first-order valence-electron chi connectivity index (χ1n) is 6.94. The van der Waals surface area contributed by atoms with E-state index in [0.717, 1.165) is 17.2 Å². The van der Waals surface area contributed by atoms with Crippen LogP contribution in [0.15, 0.2) is 47.5 Å². The van der Waals surface area contributed by atoms with E-state index in [-0.39, 0.29) is 0 Å². The average molecular weight is 312 g/mol. The monoisotopic (exact) mass is 312 g/mol. The zero-order valence-electron chi connectivity index (χ0n) is 12.4. The van der Waals surface area contributed by atoms with Crippen LogP contribution in [0.25, 0.3) is 5.57 Å². The number of allylic oxidation sites excluding steroid dienone is 3. The lowest BCUT2D eigenvalue weighted by molar-refractivity contribution is -0.123. The number of benzene rings is 1. The van der Waals surface area contributed by atoms with Crippen LogP contribution in [-0.4, -0.2) is 14.3 Å². The second kappa shape index (κ2) is 5.71. The van der Waals surface area contributed by atoms with Gasteiger partial charge in [-0.1, -0.05) is 50.0 Å². The zero-order valence-corrected chi connectivity index (χ0v) is 13.4. The Bertz CT molecular complexity index is 565. The summed E-state index contributed by atoms with van der Waals surface area (Å²) in [6.07, 6.45) is -2.36. The SMILES string of the molecule is C[Si](C)(C)C1=C(c2ccccc2)CCC=C(C(F)(F)F)O1. The number of halogens is 3. The lowest BCUT2D eigenvalue weighted by Gasteiger charge is -2.25. The van der Waals surface area contributed by atoms with Crippen LogP contribution in [0.3, 0.4) is 0 Å². The topological polar surface area (TPSA) is 9.23 Å². The molecule has 1 aliphatic rings. The fraction of sp³-hybridized carbons (Fsp3) is 0.375. The molecule has 1 aromatic rings. The van der Waals surface area contributed by atoms with Crippen LogP contribution < -0.4 is 0 Å². The Morgan fingerprint density at radius 2 is 1.67 bits per heavy atom. The molecular formula is C16H19F3OSi. The van der Waals surface area contributed by atoms with Crippen molar-refractivity contribution in [1.82, 2.24) is 0 Å². The highest BCUT2D eigenvalue weighted by atomic mass is 28.3. The number of rotatable bonds is 2. The standard InChI is InChI=1S/C16H19F3OSi/c1-21(2,3)15-13(12-8-5-4-6-9-12)10-7-11-14(20-15)16(17,18)19/h4-6,8-9,11H,7,10H2,1-3H3. The molecule has 5 heteroatoms. The molecule has 0 N–H and O–H groups in total. The summed E-state index contributed by atoms with van der Waals surface area (Å²) in [5, 5.41) is 0.537. The van der Waals surface area contributed by atoms with E-state index >= 15 is 0 Å². The van der Waals surface area contributed by atoms with Crippen LogP contribution in [0.4, 0.5) is 13.2 Å². The normalized spacial score (nSPS) is 17.1. The van der Waals surface area contributed by atoms with Gasteiger partial charge in [-0.15, -0.1) is 0 Å². The smallest absolute Gasteiger partial charge is 0.449 e. The Labute approximate surface area is 124 Å². The molecule has 114 valence electrons. The maximum absolute atomic E-state index is 13.0. The summed E-state index contributed by atoms with van der Waals surface area (Å²) in [5.74, 6) is -0.870. The second-order valence-corrected chi connectivity index (χ2v) is 11.1. The van der Waals surface area contributed by atoms with E-state index in [1.807, 2.05) is 50.0 Å². The van der Waals surface area contributed by atoms with Crippen molar-refractivity contribution in [1.29, 1.82) is 0 Å².